The fourth-order valence-corrected chi connectivity index (χ4v) is 4.92. The van der Waals surface area contributed by atoms with Crippen molar-refractivity contribution >= 4 is 17.5 Å². The Bertz CT molecular complexity index is 1190. The molecule has 11 heteroatoms. The van der Waals surface area contributed by atoms with Crippen LogP contribution < -0.4 is 4.90 Å². The molecule has 2 aliphatic rings. The number of anilines is 1. The summed E-state index contributed by atoms with van der Waals surface area (Å²) in [5, 5.41) is 9.31. The molecule has 0 saturated carbocycles. The van der Waals surface area contributed by atoms with E-state index in [9.17, 15) is 13.2 Å². The molecular formula is C23H25ClF3N7. The van der Waals surface area contributed by atoms with Gasteiger partial charge in [0.15, 0.2) is 5.82 Å². The van der Waals surface area contributed by atoms with Crippen LogP contribution >= 0.6 is 11.6 Å². The molecule has 0 amide bonds. The van der Waals surface area contributed by atoms with E-state index >= 15 is 0 Å². The minimum absolute atomic E-state index is 0.0515. The zero-order chi connectivity index (χ0) is 24.0. The lowest BCUT2D eigenvalue weighted by Gasteiger charge is -2.31. The van der Waals surface area contributed by atoms with E-state index in [0.717, 1.165) is 54.6 Å². The zero-order valence-corrected chi connectivity index (χ0v) is 19.7. The first-order chi connectivity index (χ1) is 16.2. The first kappa shape index (κ1) is 23.0. The lowest BCUT2D eigenvalue weighted by atomic mass is 9.95. The molecular weight excluding hydrogens is 467 g/mol. The van der Waals surface area contributed by atoms with Gasteiger partial charge in [-0.2, -0.15) is 13.2 Å². The summed E-state index contributed by atoms with van der Waals surface area (Å²) >= 11 is 6.22. The second-order valence-corrected chi connectivity index (χ2v) is 9.40. The predicted molar refractivity (Wildman–Crippen MR) is 122 cm³/mol. The Labute approximate surface area is 200 Å². The van der Waals surface area contributed by atoms with Gasteiger partial charge in [-0.15, -0.1) is 10.2 Å². The maximum atomic E-state index is 13.6. The average Bonchev–Trinajstić information content (AvgIpc) is 3.14. The highest BCUT2D eigenvalue weighted by molar-refractivity contribution is 6.30. The van der Waals surface area contributed by atoms with Gasteiger partial charge in [0.25, 0.3) is 0 Å². The van der Waals surface area contributed by atoms with Crippen LogP contribution in [0.3, 0.4) is 0 Å². The van der Waals surface area contributed by atoms with Gasteiger partial charge in [0.05, 0.1) is 12.2 Å². The van der Waals surface area contributed by atoms with Crippen LogP contribution in [-0.4, -0.2) is 54.9 Å². The van der Waals surface area contributed by atoms with Gasteiger partial charge in [0.2, 0.25) is 5.95 Å². The number of nitrogens with zero attached hydrogens (tertiary/aromatic N) is 7. The van der Waals surface area contributed by atoms with Crippen LogP contribution in [0.1, 0.15) is 48.6 Å². The molecule has 1 saturated heterocycles. The number of hydrogen-bond acceptors (Lipinski definition) is 6. The minimum Gasteiger partial charge on any atom is -0.341 e. The van der Waals surface area contributed by atoms with Crippen LogP contribution in [-0.2, 0) is 13.1 Å². The van der Waals surface area contributed by atoms with Crippen molar-refractivity contribution < 1.29 is 13.2 Å². The molecule has 1 atom stereocenters. The lowest BCUT2D eigenvalue weighted by Crippen LogP contribution is -2.42. The number of halogens is 4. The van der Waals surface area contributed by atoms with Crippen LogP contribution in [0.2, 0.25) is 5.02 Å². The summed E-state index contributed by atoms with van der Waals surface area (Å²) in [5.41, 5.74) is 2.44. The van der Waals surface area contributed by atoms with Crippen LogP contribution in [0.4, 0.5) is 19.1 Å². The number of rotatable bonds is 3. The maximum Gasteiger partial charge on any atom is 0.403 e. The number of piperidine rings is 1. The Morgan fingerprint density at radius 3 is 2.56 bits per heavy atom. The number of alkyl halides is 3. The quantitative estimate of drug-likeness (QED) is 0.530. The van der Waals surface area contributed by atoms with E-state index in [1.807, 2.05) is 23.6 Å². The molecule has 1 aromatic carbocycles. The van der Waals surface area contributed by atoms with Crippen molar-refractivity contribution in [1.82, 2.24) is 29.6 Å². The smallest absolute Gasteiger partial charge is 0.341 e. The molecule has 0 bridgehead atoms. The fourth-order valence-electron chi connectivity index (χ4n) is 4.72. The van der Waals surface area contributed by atoms with Gasteiger partial charge in [0.1, 0.15) is 11.9 Å². The fraction of sp³-hybridized carbons (Fsp3) is 0.478. The van der Waals surface area contributed by atoms with Crippen LogP contribution in [0.5, 0.6) is 0 Å². The minimum atomic E-state index is -4.35. The molecule has 1 unspecified atom stereocenters. The third kappa shape index (κ3) is 4.36. The van der Waals surface area contributed by atoms with E-state index in [1.54, 1.807) is 18.3 Å². The Kier molecular flexibility index (Phi) is 5.97. The van der Waals surface area contributed by atoms with E-state index < -0.39 is 12.2 Å². The van der Waals surface area contributed by atoms with Crippen LogP contribution in [0.25, 0.3) is 5.69 Å². The molecule has 7 nitrogen and oxygen atoms in total. The van der Waals surface area contributed by atoms with E-state index in [1.165, 1.54) is 11.8 Å². The molecule has 180 valence electrons. The normalized spacial score (nSPS) is 18.4. The molecule has 2 aliphatic heterocycles. The summed E-state index contributed by atoms with van der Waals surface area (Å²) in [6.07, 6.45) is -0.943. The van der Waals surface area contributed by atoms with Gasteiger partial charge in [-0.25, -0.2) is 9.97 Å². The van der Waals surface area contributed by atoms with E-state index in [2.05, 4.69) is 25.1 Å². The number of fused-ring (bicyclic) bond motifs is 3. The Hall–Kier alpha value is -2.72. The summed E-state index contributed by atoms with van der Waals surface area (Å²) < 4.78 is 42.7. The second kappa shape index (κ2) is 8.81. The summed E-state index contributed by atoms with van der Waals surface area (Å²) in [7, 11) is 0. The molecule has 34 heavy (non-hydrogen) atoms. The van der Waals surface area contributed by atoms with Crippen molar-refractivity contribution in [3.8, 4) is 5.69 Å². The largest absolute Gasteiger partial charge is 0.403 e. The third-order valence-electron chi connectivity index (χ3n) is 6.70. The Morgan fingerprint density at radius 1 is 1.09 bits per heavy atom. The molecule has 4 heterocycles. The molecule has 2 aromatic heterocycles. The monoisotopic (exact) mass is 491 g/mol. The molecule has 1 fully saturated rings. The average molecular weight is 492 g/mol. The van der Waals surface area contributed by atoms with Gasteiger partial charge in [-0.3, -0.25) is 9.47 Å². The summed E-state index contributed by atoms with van der Waals surface area (Å²) in [4.78, 5) is 12.4. The van der Waals surface area contributed by atoms with Crippen LogP contribution in [0, 0.1) is 6.92 Å². The van der Waals surface area contributed by atoms with E-state index in [-0.39, 0.29) is 19.0 Å². The molecule has 5 rings (SSSR count). The number of benzene rings is 1. The van der Waals surface area contributed by atoms with E-state index in [4.69, 9.17) is 11.6 Å². The highest BCUT2D eigenvalue weighted by Gasteiger charge is 2.42. The highest BCUT2D eigenvalue weighted by Crippen LogP contribution is 2.36. The van der Waals surface area contributed by atoms with Crippen molar-refractivity contribution in [2.24, 2.45) is 0 Å². The first-order valence-corrected chi connectivity index (χ1v) is 11.7. The number of aryl methyl sites for hydroxylation is 1. The summed E-state index contributed by atoms with van der Waals surface area (Å²) in [5.74, 6) is 2.13. The molecule has 0 radical (unpaired) electrons. The van der Waals surface area contributed by atoms with Gasteiger partial charge >= 0.3 is 6.18 Å². The second-order valence-electron chi connectivity index (χ2n) is 8.96. The molecule has 3 aromatic rings. The van der Waals surface area contributed by atoms with Crippen molar-refractivity contribution in [2.75, 3.05) is 18.0 Å². The molecule has 0 aliphatic carbocycles. The van der Waals surface area contributed by atoms with Crippen molar-refractivity contribution in [3.05, 3.63) is 58.4 Å². The van der Waals surface area contributed by atoms with Gasteiger partial charge < -0.3 is 4.90 Å². The SMILES string of the molecule is Cc1ccnc(N2CCC(c3nnc4n3-c3ccc(Cl)cc3CN(C(C)C(F)(F)F)C4)CC2)n1. The maximum absolute atomic E-state index is 13.6. The highest BCUT2D eigenvalue weighted by atomic mass is 35.5. The topological polar surface area (TPSA) is 63.0 Å². The van der Waals surface area contributed by atoms with Gasteiger partial charge in [-0.1, -0.05) is 11.6 Å². The lowest BCUT2D eigenvalue weighted by molar-refractivity contribution is -0.182. The van der Waals surface area contributed by atoms with Crippen molar-refractivity contribution in [2.45, 2.75) is 57.9 Å². The van der Waals surface area contributed by atoms with Gasteiger partial charge in [-0.05, 0) is 56.5 Å². The summed E-state index contributed by atoms with van der Waals surface area (Å²) in [6.45, 7) is 4.83. The first-order valence-electron chi connectivity index (χ1n) is 11.3. The van der Waals surface area contributed by atoms with Crippen molar-refractivity contribution in [3.63, 3.8) is 0 Å². The van der Waals surface area contributed by atoms with Gasteiger partial charge in [0, 0.05) is 42.5 Å². The standard InChI is InChI=1S/C23H25ClF3N7/c1-14-5-8-28-22(29-14)32-9-6-16(7-10-32)21-31-30-20-13-33(15(2)23(25,26)27)12-17-11-18(24)3-4-19(17)34(20)21/h3-5,8,11,15-16H,6-7,9-10,12-13H2,1-2H3. The zero-order valence-electron chi connectivity index (χ0n) is 18.9. The third-order valence-corrected chi connectivity index (χ3v) is 6.94. The summed E-state index contributed by atoms with van der Waals surface area (Å²) in [6, 6.07) is 5.60. The Balaban J connectivity index is 1.46. The van der Waals surface area contributed by atoms with E-state index in [0.29, 0.717) is 10.8 Å². The van der Waals surface area contributed by atoms with Crippen LogP contribution in [0.15, 0.2) is 30.5 Å². The number of aromatic nitrogens is 5. The molecule has 0 N–H and O–H groups in total. The predicted octanol–water partition coefficient (Wildman–Crippen LogP) is 4.67. The van der Waals surface area contributed by atoms with Crippen molar-refractivity contribution in [1.29, 1.82) is 0 Å². The Morgan fingerprint density at radius 2 is 1.85 bits per heavy atom. The number of hydrogen-bond donors (Lipinski definition) is 0. The molecule has 0 spiro atoms.